The molecule has 1 rings (SSSR count). The second-order valence-electron chi connectivity index (χ2n) is 8.60. The van der Waals surface area contributed by atoms with Gasteiger partial charge in [0.15, 0.2) is 0 Å². The van der Waals surface area contributed by atoms with E-state index in [-0.39, 0.29) is 17.7 Å². The average molecular weight is 451 g/mol. The highest BCUT2D eigenvalue weighted by Gasteiger charge is 2.06. The molecule has 0 saturated heterocycles. The molecule has 0 aromatic heterocycles. The predicted octanol–water partition coefficient (Wildman–Crippen LogP) is 7.93. The monoisotopic (exact) mass is 450 g/mol. The van der Waals surface area contributed by atoms with Gasteiger partial charge in [-0.05, 0) is 31.4 Å². The number of hydrogen-bond acceptors (Lipinski definition) is 4. The zero-order chi connectivity index (χ0) is 23.3. The number of unbranched alkanes of at least 4 members (excludes halogenated alkanes) is 13. The van der Waals surface area contributed by atoms with Gasteiger partial charge in [-0.1, -0.05) is 90.0 Å². The van der Waals surface area contributed by atoms with Gasteiger partial charge in [0.05, 0.1) is 6.61 Å². The lowest BCUT2D eigenvalue weighted by Gasteiger charge is -2.06. The number of ether oxygens (including phenoxy) is 2. The van der Waals surface area contributed by atoms with E-state index in [0.717, 1.165) is 51.4 Å². The lowest BCUT2D eigenvalue weighted by atomic mass is 10.1. The molecule has 5 heteroatoms. The summed E-state index contributed by atoms with van der Waals surface area (Å²) in [4.78, 5) is 23.5. The minimum absolute atomic E-state index is 0.0790. The van der Waals surface area contributed by atoms with Crippen molar-refractivity contribution in [2.45, 2.75) is 116 Å². The van der Waals surface area contributed by atoms with Crippen LogP contribution in [0.25, 0.3) is 0 Å². The normalized spacial score (nSPS) is 10.8. The zero-order valence-electron chi connectivity index (χ0n) is 20.0. The topological polar surface area (TPSA) is 52.6 Å². The van der Waals surface area contributed by atoms with Crippen molar-refractivity contribution >= 4 is 11.9 Å². The van der Waals surface area contributed by atoms with Gasteiger partial charge in [0.1, 0.15) is 11.6 Å². The zero-order valence-corrected chi connectivity index (χ0v) is 20.0. The third kappa shape index (κ3) is 16.7. The number of carbonyl (C=O) groups excluding carboxylic acids is 2. The summed E-state index contributed by atoms with van der Waals surface area (Å²) in [6, 6.07) is 5.61. The molecule has 0 saturated carbocycles. The predicted molar refractivity (Wildman–Crippen MR) is 127 cm³/mol. The van der Waals surface area contributed by atoms with E-state index < -0.39 is 5.82 Å². The summed E-state index contributed by atoms with van der Waals surface area (Å²) in [6.45, 7) is 2.80. The molecule has 0 bridgehead atoms. The first-order chi connectivity index (χ1) is 15.6. The molecule has 0 fully saturated rings. The van der Waals surface area contributed by atoms with E-state index in [2.05, 4.69) is 6.92 Å². The van der Waals surface area contributed by atoms with Crippen molar-refractivity contribution in [3.05, 3.63) is 30.1 Å². The van der Waals surface area contributed by atoms with Gasteiger partial charge in [0, 0.05) is 18.9 Å². The van der Waals surface area contributed by atoms with Gasteiger partial charge in [-0.3, -0.25) is 9.59 Å². The first-order valence-corrected chi connectivity index (χ1v) is 12.7. The van der Waals surface area contributed by atoms with E-state index in [1.54, 1.807) is 6.07 Å². The van der Waals surface area contributed by atoms with Crippen LogP contribution in [0.3, 0.4) is 0 Å². The molecule has 1 aromatic rings. The van der Waals surface area contributed by atoms with E-state index >= 15 is 0 Å². The lowest BCUT2D eigenvalue weighted by Crippen LogP contribution is -2.07. The fraction of sp³-hybridized carbons (Fsp3) is 0.704. The smallest absolute Gasteiger partial charge is 0.311 e. The SMILES string of the molecule is CCCCCCCCCCCOC(=O)CCCCCCCCC(=O)Oc1cccc(F)c1. The molecular weight excluding hydrogens is 407 g/mol. The Morgan fingerprint density at radius 2 is 1.25 bits per heavy atom. The third-order valence-electron chi connectivity index (χ3n) is 5.55. The van der Waals surface area contributed by atoms with Gasteiger partial charge < -0.3 is 9.47 Å². The van der Waals surface area contributed by atoms with Crippen molar-refractivity contribution in [3.63, 3.8) is 0 Å². The minimum Gasteiger partial charge on any atom is -0.466 e. The highest BCUT2D eigenvalue weighted by Crippen LogP contribution is 2.15. The molecule has 0 heterocycles. The van der Waals surface area contributed by atoms with Gasteiger partial charge in [0.2, 0.25) is 0 Å². The molecule has 0 aliphatic carbocycles. The summed E-state index contributed by atoms with van der Waals surface area (Å²) in [5.41, 5.74) is 0. The van der Waals surface area contributed by atoms with Gasteiger partial charge >= 0.3 is 11.9 Å². The number of rotatable bonds is 20. The van der Waals surface area contributed by atoms with E-state index in [1.807, 2.05) is 0 Å². The van der Waals surface area contributed by atoms with Crippen molar-refractivity contribution in [2.75, 3.05) is 6.61 Å². The Morgan fingerprint density at radius 1 is 0.719 bits per heavy atom. The summed E-state index contributed by atoms with van der Waals surface area (Å²) < 4.78 is 23.5. The molecule has 0 aliphatic rings. The number of carbonyl (C=O) groups is 2. The Morgan fingerprint density at radius 3 is 1.84 bits per heavy atom. The van der Waals surface area contributed by atoms with Crippen LogP contribution in [0.5, 0.6) is 5.75 Å². The Labute approximate surface area is 194 Å². The first-order valence-electron chi connectivity index (χ1n) is 12.7. The maximum Gasteiger partial charge on any atom is 0.311 e. The van der Waals surface area contributed by atoms with E-state index in [4.69, 9.17) is 9.47 Å². The second-order valence-corrected chi connectivity index (χ2v) is 8.60. The molecule has 182 valence electrons. The average Bonchev–Trinajstić information content (AvgIpc) is 2.77. The fourth-order valence-corrected chi connectivity index (χ4v) is 3.63. The molecule has 0 unspecified atom stereocenters. The number of benzene rings is 1. The van der Waals surface area contributed by atoms with Crippen LogP contribution in [0.2, 0.25) is 0 Å². The molecular formula is C27H43FO4. The summed E-state index contributed by atoms with van der Waals surface area (Å²) in [7, 11) is 0. The maximum absolute atomic E-state index is 13.1. The molecule has 0 amide bonds. The van der Waals surface area contributed by atoms with Crippen molar-refractivity contribution < 1.29 is 23.5 Å². The van der Waals surface area contributed by atoms with E-state index in [1.165, 1.54) is 63.1 Å². The van der Waals surface area contributed by atoms with Crippen LogP contribution < -0.4 is 4.74 Å². The summed E-state index contributed by atoms with van der Waals surface area (Å²) in [5.74, 6) is -0.572. The van der Waals surface area contributed by atoms with Gasteiger partial charge in [-0.2, -0.15) is 0 Å². The van der Waals surface area contributed by atoms with E-state index in [9.17, 15) is 14.0 Å². The molecule has 0 aliphatic heterocycles. The van der Waals surface area contributed by atoms with Crippen LogP contribution in [0, 0.1) is 5.82 Å². The first kappa shape index (κ1) is 28.1. The summed E-state index contributed by atoms with van der Waals surface area (Å²) >= 11 is 0. The van der Waals surface area contributed by atoms with Crippen molar-refractivity contribution in [3.8, 4) is 5.75 Å². The Kier molecular flexibility index (Phi) is 17.4. The van der Waals surface area contributed by atoms with Gasteiger partial charge in [-0.15, -0.1) is 0 Å². The highest BCUT2D eigenvalue weighted by atomic mass is 19.1. The van der Waals surface area contributed by atoms with Crippen LogP contribution in [-0.2, 0) is 14.3 Å². The molecule has 4 nitrogen and oxygen atoms in total. The molecule has 0 radical (unpaired) electrons. The quantitative estimate of drug-likeness (QED) is 0.115. The molecule has 0 N–H and O–H groups in total. The molecule has 1 aromatic carbocycles. The highest BCUT2D eigenvalue weighted by molar-refractivity contribution is 5.72. The Balaban J connectivity index is 1.83. The minimum atomic E-state index is -0.414. The van der Waals surface area contributed by atoms with Crippen molar-refractivity contribution in [1.82, 2.24) is 0 Å². The molecule has 0 spiro atoms. The van der Waals surface area contributed by atoms with Crippen molar-refractivity contribution in [2.24, 2.45) is 0 Å². The van der Waals surface area contributed by atoms with Gasteiger partial charge in [0.25, 0.3) is 0 Å². The van der Waals surface area contributed by atoms with Crippen LogP contribution in [0.4, 0.5) is 4.39 Å². The van der Waals surface area contributed by atoms with Crippen LogP contribution in [-0.4, -0.2) is 18.5 Å². The number of halogens is 1. The molecule has 0 atom stereocenters. The second kappa shape index (κ2) is 19.8. The van der Waals surface area contributed by atoms with Crippen LogP contribution >= 0.6 is 0 Å². The van der Waals surface area contributed by atoms with Crippen molar-refractivity contribution in [1.29, 1.82) is 0 Å². The van der Waals surface area contributed by atoms with Crippen LogP contribution in [0.1, 0.15) is 116 Å². The number of hydrogen-bond donors (Lipinski definition) is 0. The van der Waals surface area contributed by atoms with Gasteiger partial charge in [-0.25, -0.2) is 4.39 Å². The molecule has 32 heavy (non-hydrogen) atoms. The maximum atomic E-state index is 13.1. The largest absolute Gasteiger partial charge is 0.466 e. The number of esters is 2. The third-order valence-corrected chi connectivity index (χ3v) is 5.55. The Hall–Kier alpha value is -1.91. The van der Waals surface area contributed by atoms with Crippen LogP contribution in [0.15, 0.2) is 24.3 Å². The summed E-state index contributed by atoms with van der Waals surface area (Å²) in [6.07, 6.45) is 17.8. The fourth-order valence-electron chi connectivity index (χ4n) is 3.63. The standard InChI is InChI=1S/C27H43FO4/c1-2-3-4-5-6-7-10-13-16-22-31-26(29)20-14-11-8-9-12-15-21-27(30)32-25-19-17-18-24(28)23-25/h17-19,23H,2-16,20-22H2,1H3. The summed E-state index contributed by atoms with van der Waals surface area (Å²) in [5, 5.41) is 0. The van der Waals surface area contributed by atoms with E-state index in [0.29, 0.717) is 19.4 Å². The Bertz CT molecular complexity index is 617. The lowest BCUT2D eigenvalue weighted by molar-refractivity contribution is -0.144.